The number of rotatable bonds is 9. The van der Waals surface area contributed by atoms with Crippen LogP contribution in [0.2, 0.25) is 0 Å². The Labute approximate surface area is 187 Å². The lowest BCUT2D eigenvalue weighted by molar-refractivity contribution is -0.000599. The molecule has 2 aromatic rings. The zero-order valence-electron chi connectivity index (χ0n) is 16.6. The van der Waals surface area contributed by atoms with Gasteiger partial charge in [0.2, 0.25) is 0 Å². The molecule has 5 nitrogen and oxygen atoms in total. The minimum Gasteiger partial charge on any atom is -0.389 e. The first-order chi connectivity index (χ1) is 13.5. The summed E-state index contributed by atoms with van der Waals surface area (Å²) in [6, 6.07) is 13.0. The molecular formula is C21H28F2IN3O2. The van der Waals surface area contributed by atoms with Crippen LogP contribution in [0, 0.1) is 11.6 Å². The van der Waals surface area contributed by atoms with Crippen LogP contribution >= 0.6 is 24.0 Å². The number of aliphatic imine (C=N–C) groups is 1. The third kappa shape index (κ3) is 9.05. The van der Waals surface area contributed by atoms with E-state index in [4.69, 9.17) is 4.74 Å². The Balaban J connectivity index is 0.00000420. The molecule has 0 saturated carbocycles. The molecular weight excluding hydrogens is 491 g/mol. The van der Waals surface area contributed by atoms with Gasteiger partial charge in [0.05, 0.1) is 25.4 Å². The van der Waals surface area contributed by atoms with Gasteiger partial charge in [-0.2, -0.15) is 0 Å². The van der Waals surface area contributed by atoms with Crippen molar-refractivity contribution in [2.75, 3.05) is 19.7 Å². The molecule has 2 aromatic carbocycles. The lowest BCUT2D eigenvalue weighted by Gasteiger charge is -2.18. The Kier molecular flexibility index (Phi) is 11.7. The van der Waals surface area contributed by atoms with E-state index in [0.717, 1.165) is 23.8 Å². The van der Waals surface area contributed by atoms with E-state index >= 15 is 0 Å². The summed E-state index contributed by atoms with van der Waals surface area (Å²) in [4.78, 5) is 4.24. The largest absolute Gasteiger partial charge is 0.389 e. The molecule has 160 valence electrons. The molecule has 29 heavy (non-hydrogen) atoms. The van der Waals surface area contributed by atoms with Crippen LogP contribution < -0.4 is 10.6 Å². The quantitative estimate of drug-likeness (QED) is 0.268. The van der Waals surface area contributed by atoms with E-state index in [1.165, 1.54) is 0 Å². The van der Waals surface area contributed by atoms with Gasteiger partial charge >= 0.3 is 0 Å². The van der Waals surface area contributed by atoms with Gasteiger partial charge in [0.25, 0.3) is 0 Å². The van der Waals surface area contributed by atoms with E-state index in [1.54, 1.807) is 0 Å². The third-order valence-corrected chi connectivity index (χ3v) is 4.07. The highest BCUT2D eigenvalue weighted by Crippen LogP contribution is 2.15. The Morgan fingerprint density at radius 1 is 1.14 bits per heavy atom. The second-order valence-corrected chi connectivity index (χ2v) is 6.35. The minimum absolute atomic E-state index is 0. The van der Waals surface area contributed by atoms with E-state index in [2.05, 4.69) is 15.6 Å². The molecule has 0 aliphatic heterocycles. The van der Waals surface area contributed by atoms with E-state index < -0.39 is 17.7 Å². The van der Waals surface area contributed by atoms with E-state index in [1.807, 2.05) is 44.2 Å². The van der Waals surface area contributed by atoms with Crippen molar-refractivity contribution in [3.63, 3.8) is 0 Å². The molecule has 0 saturated heterocycles. The van der Waals surface area contributed by atoms with Gasteiger partial charge in [-0.15, -0.1) is 24.0 Å². The molecule has 0 aromatic heterocycles. The van der Waals surface area contributed by atoms with Crippen LogP contribution in [0.5, 0.6) is 0 Å². The van der Waals surface area contributed by atoms with Gasteiger partial charge in [-0.1, -0.05) is 30.3 Å². The third-order valence-electron chi connectivity index (χ3n) is 4.07. The summed E-state index contributed by atoms with van der Waals surface area (Å²) in [6.07, 6.45) is -0.880. The highest BCUT2D eigenvalue weighted by Gasteiger charge is 2.11. The van der Waals surface area contributed by atoms with Crippen LogP contribution in [-0.4, -0.2) is 36.9 Å². The van der Waals surface area contributed by atoms with Gasteiger partial charge in [0.1, 0.15) is 11.6 Å². The maximum atomic E-state index is 13.7. The lowest BCUT2D eigenvalue weighted by Crippen LogP contribution is -2.42. The molecule has 0 spiro atoms. The van der Waals surface area contributed by atoms with E-state index in [0.29, 0.717) is 12.5 Å². The van der Waals surface area contributed by atoms with Crippen molar-refractivity contribution in [1.82, 2.24) is 10.6 Å². The highest BCUT2D eigenvalue weighted by molar-refractivity contribution is 14.0. The first-order valence-electron chi connectivity index (χ1n) is 9.30. The van der Waals surface area contributed by atoms with Gasteiger partial charge in [0.15, 0.2) is 5.96 Å². The van der Waals surface area contributed by atoms with Crippen molar-refractivity contribution in [1.29, 1.82) is 0 Å². The monoisotopic (exact) mass is 519 g/mol. The number of hydrogen-bond acceptors (Lipinski definition) is 3. The topological polar surface area (TPSA) is 65.9 Å². The summed E-state index contributed by atoms with van der Waals surface area (Å²) in [5, 5.41) is 16.1. The average Bonchev–Trinajstić information content (AvgIpc) is 2.71. The normalized spacial score (nSPS) is 13.3. The molecule has 0 aliphatic carbocycles. The van der Waals surface area contributed by atoms with Crippen LogP contribution in [0.25, 0.3) is 0 Å². The van der Waals surface area contributed by atoms with Crippen LogP contribution in [0.15, 0.2) is 53.5 Å². The van der Waals surface area contributed by atoms with Crippen molar-refractivity contribution in [3.8, 4) is 0 Å². The molecule has 8 heteroatoms. The predicted molar refractivity (Wildman–Crippen MR) is 121 cm³/mol. The number of ether oxygens (including phenoxy) is 1. The summed E-state index contributed by atoms with van der Waals surface area (Å²) < 4.78 is 32.7. The van der Waals surface area contributed by atoms with E-state index in [9.17, 15) is 13.9 Å². The van der Waals surface area contributed by atoms with Crippen molar-refractivity contribution in [2.45, 2.75) is 32.6 Å². The molecule has 0 fully saturated rings. The Morgan fingerprint density at radius 2 is 1.86 bits per heavy atom. The zero-order chi connectivity index (χ0) is 20.4. The SMILES string of the molecule is CCNC(=NCc1cc(F)ccc1F)NCC(O)COC(C)c1ccccc1.I. The number of guanidine groups is 1. The molecule has 2 atom stereocenters. The Hall–Kier alpha value is -1.78. The van der Waals surface area contributed by atoms with Crippen molar-refractivity contribution in [3.05, 3.63) is 71.3 Å². The van der Waals surface area contributed by atoms with Gasteiger partial charge in [-0.05, 0) is 37.6 Å². The Bertz CT molecular complexity index is 763. The van der Waals surface area contributed by atoms with Crippen LogP contribution in [0.3, 0.4) is 0 Å². The number of aliphatic hydroxyl groups is 1. The van der Waals surface area contributed by atoms with Gasteiger partial charge in [-0.3, -0.25) is 0 Å². The minimum atomic E-state index is -0.749. The first kappa shape index (κ1) is 25.3. The molecule has 0 amide bonds. The number of aliphatic hydroxyl groups excluding tert-OH is 1. The molecule has 2 unspecified atom stereocenters. The predicted octanol–water partition coefficient (Wildman–Crippen LogP) is 3.78. The number of halogens is 3. The van der Waals surface area contributed by atoms with Crippen LogP contribution in [0.4, 0.5) is 8.78 Å². The maximum absolute atomic E-state index is 13.7. The fraction of sp³-hybridized carbons (Fsp3) is 0.381. The second-order valence-electron chi connectivity index (χ2n) is 6.35. The summed E-state index contributed by atoms with van der Waals surface area (Å²) in [5.74, 6) is -0.615. The van der Waals surface area contributed by atoms with Gasteiger partial charge < -0.3 is 20.5 Å². The summed E-state index contributed by atoms with van der Waals surface area (Å²) in [6.45, 7) is 4.75. The second kappa shape index (κ2) is 13.4. The highest BCUT2D eigenvalue weighted by atomic mass is 127. The summed E-state index contributed by atoms with van der Waals surface area (Å²) in [5.41, 5.74) is 1.20. The summed E-state index contributed by atoms with van der Waals surface area (Å²) >= 11 is 0. The lowest BCUT2D eigenvalue weighted by atomic mass is 10.1. The zero-order valence-corrected chi connectivity index (χ0v) is 18.9. The number of nitrogens with one attached hydrogen (secondary N) is 2. The van der Waals surface area contributed by atoms with Gasteiger partial charge in [0, 0.05) is 18.7 Å². The van der Waals surface area contributed by atoms with Crippen molar-refractivity contribution < 1.29 is 18.6 Å². The van der Waals surface area contributed by atoms with Crippen molar-refractivity contribution in [2.24, 2.45) is 4.99 Å². The smallest absolute Gasteiger partial charge is 0.191 e. The number of benzene rings is 2. The molecule has 0 aliphatic rings. The molecule has 3 N–H and O–H groups in total. The van der Waals surface area contributed by atoms with E-state index in [-0.39, 0.29) is 55.3 Å². The molecule has 2 rings (SSSR count). The first-order valence-corrected chi connectivity index (χ1v) is 9.30. The number of hydrogen-bond donors (Lipinski definition) is 3. The summed E-state index contributed by atoms with van der Waals surface area (Å²) in [7, 11) is 0. The molecule has 0 radical (unpaired) electrons. The van der Waals surface area contributed by atoms with Gasteiger partial charge in [-0.25, -0.2) is 13.8 Å². The van der Waals surface area contributed by atoms with Crippen LogP contribution in [-0.2, 0) is 11.3 Å². The fourth-order valence-corrected chi connectivity index (χ4v) is 2.52. The number of nitrogens with zero attached hydrogens (tertiary/aromatic N) is 1. The molecule has 0 heterocycles. The standard InChI is InChI=1S/C21H27F2N3O2.HI/c1-3-24-21(25-12-17-11-18(22)9-10-20(17)23)26-13-19(27)14-28-15(2)16-7-5-4-6-8-16;/h4-11,15,19,27H,3,12-14H2,1-2H3,(H2,24,25,26);1H. The Morgan fingerprint density at radius 3 is 2.55 bits per heavy atom. The fourth-order valence-electron chi connectivity index (χ4n) is 2.52. The maximum Gasteiger partial charge on any atom is 0.191 e. The van der Waals surface area contributed by atoms with Crippen LogP contribution in [0.1, 0.15) is 31.1 Å². The molecule has 0 bridgehead atoms. The van der Waals surface area contributed by atoms with Crippen molar-refractivity contribution >= 4 is 29.9 Å². The average molecular weight is 519 g/mol.